The number of oxazole rings is 1. The zero-order valence-corrected chi connectivity index (χ0v) is 18.6. The van der Waals surface area contributed by atoms with Crippen LogP contribution >= 0.6 is 0 Å². The first-order chi connectivity index (χ1) is 16.7. The van der Waals surface area contributed by atoms with E-state index in [4.69, 9.17) is 9.15 Å². The first-order valence-corrected chi connectivity index (χ1v) is 11.6. The standard InChI is InChI=1S/C26H24N4O4/c31-23(13-21-18-5-1-2-6-19(18)22-14-27-16-30(21)22)17-9-11-29(12-10-17)25(32)15-33-26-28-20-7-3-4-8-24(20)34-26/h1-8,14,16-17,21H,9-13,15H2. The molecule has 1 amide bonds. The number of ketones is 1. The Balaban J connectivity index is 1.03. The highest BCUT2D eigenvalue weighted by atomic mass is 16.6. The van der Waals surface area contributed by atoms with Gasteiger partial charge < -0.3 is 18.6 Å². The molecule has 1 unspecified atom stereocenters. The molecular weight excluding hydrogens is 432 g/mol. The first kappa shape index (κ1) is 20.7. The van der Waals surface area contributed by atoms with Crippen LogP contribution in [0.3, 0.4) is 0 Å². The van der Waals surface area contributed by atoms with Crippen molar-refractivity contribution in [2.45, 2.75) is 25.3 Å². The quantitative estimate of drug-likeness (QED) is 0.438. The first-order valence-electron chi connectivity index (χ1n) is 11.6. The van der Waals surface area contributed by atoms with Crippen LogP contribution in [0.1, 0.15) is 30.9 Å². The molecule has 1 atom stereocenters. The van der Waals surface area contributed by atoms with Gasteiger partial charge in [-0.1, -0.05) is 36.4 Å². The molecule has 4 heterocycles. The SMILES string of the molecule is O=C(CC1c2ccccc2-c2cncn21)C1CCN(C(=O)COc2nc3ccccc3o2)CC1. The van der Waals surface area contributed by atoms with Gasteiger partial charge in [0.1, 0.15) is 11.3 Å². The summed E-state index contributed by atoms with van der Waals surface area (Å²) in [5.74, 6) is 0.0823. The molecule has 8 nitrogen and oxygen atoms in total. The summed E-state index contributed by atoms with van der Waals surface area (Å²) < 4.78 is 13.1. The summed E-state index contributed by atoms with van der Waals surface area (Å²) in [6.07, 6.45) is 5.54. The van der Waals surface area contributed by atoms with Gasteiger partial charge in [0.25, 0.3) is 5.91 Å². The Morgan fingerprint density at radius 3 is 2.71 bits per heavy atom. The van der Waals surface area contributed by atoms with Gasteiger partial charge in [0.05, 0.1) is 24.3 Å². The van der Waals surface area contributed by atoms with Crippen molar-refractivity contribution in [3.8, 4) is 17.3 Å². The van der Waals surface area contributed by atoms with E-state index in [1.54, 1.807) is 11.0 Å². The number of ether oxygens (including phenoxy) is 1. The van der Waals surface area contributed by atoms with Crippen LogP contribution in [0, 0.1) is 5.92 Å². The van der Waals surface area contributed by atoms with Crippen molar-refractivity contribution in [1.29, 1.82) is 0 Å². The summed E-state index contributed by atoms with van der Waals surface area (Å²) in [4.78, 5) is 36.1. The van der Waals surface area contributed by atoms with Gasteiger partial charge in [-0.2, -0.15) is 4.98 Å². The lowest BCUT2D eigenvalue weighted by molar-refractivity contribution is -0.137. The fourth-order valence-electron chi connectivity index (χ4n) is 5.08. The Labute approximate surface area is 196 Å². The summed E-state index contributed by atoms with van der Waals surface area (Å²) in [6.45, 7) is 0.959. The zero-order chi connectivity index (χ0) is 23.1. The zero-order valence-electron chi connectivity index (χ0n) is 18.6. The predicted octanol–water partition coefficient (Wildman–Crippen LogP) is 3.87. The summed E-state index contributed by atoms with van der Waals surface area (Å²) in [6, 6.07) is 15.6. The Hall–Kier alpha value is -3.94. The molecule has 0 bridgehead atoms. The second-order valence-electron chi connectivity index (χ2n) is 8.85. The van der Waals surface area contributed by atoms with Crippen LogP contribution in [0.15, 0.2) is 65.5 Å². The van der Waals surface area contributed by atoms with E-state index in [-0.39, 0.29) is 36.3 Å². The van der Waals surface area contributed by atoms with Crippen LogP contribution < -0.4 is 4.74 Å². The van der Waals surface area contributed by atoms with E-state index in [1.807, 2.05) is 42.9 Å². The van der Waals surface area contributed by atoms with Crippen molar-refractivity contribution in [1.82, 2.24) is 19.4 Å². The summed E-state index contributed by atoms with van der Waals surface area (Å²) in [5.41, 5.74) is 4.70. The molecule has 8 heteroatoms. The van der Waals surface area contributed by atoms with Crippen LogP contribution in [0.5, 0.6) is 6.08 Å². The van der Waals surface area contributed by atoms with Crippen LogP contribution in [0.2, 0.25) is 0 Å². The fraction of sp³-hybridized carbons (Fsp3) is 0.308. The number of hydrogen-bond donors (Lipinski definition) is 0. The van der Waals surface area contributed by atoms with E-state index < -0.39 is 0 Å². The van der Waals surface area contributed by atoms with Gasteiger partial charge in [0.15, 0.2) is 12.2 Å². The van der Waals surface area contributed by atoms with Crippen LogP contribution in [0.25, 0.3) is 22.4 Å². The number of amides is 1. The molecule has 6 rings (SSSR count). The third kappa shape index (κ3) is 3.65. The molecule has 0 radical (unpaired) electrons. The average Bonchev–Trinajstić information content (AvgIpc) is 3.58. The largest absolute Gasteiger partial charge is 0.440 e. The molecule has 0 N–H and O–H groups in total. The third-order valence-corrected chi connectivity index (χ3v) is 6.89. The molecule has 0 saturated carbocycles. The lowest BCUT2D eigenvalue weighted by Crippen LogP contribution is -2.42. The van der Waals surface area contributed by atoms with E-state index in [0.717, 1.165) is 11.3 Å². The molecule has 0 spiro atoms. The van der Waals surface area contributed by atoms with Gasteiger partial charge in [0.2, 0.25) is 0 Å². The highest BCUT2D eigenvalue weighted by molar-refractivity contribution is 5.84. The summed E-state index contributed by atoms with van der Waals surface area (Å²) in [7, 11) is 0. The van der Waals surface area contributed by atoms with Crippen molar-refractivity contribution in [2.75, 3.05) is 19.7 Å². The Bertz CT molecular complexity index is 1330. The lowest BCUT2D eigenvalue weighted by atomic mass is 9.87. The maximum atomic E-state index is 13.2. The fourth-order valence-corrected chi connectivity index (χ4v) is 5.08. The van der Waals surface area contributed by atoms with Crippen molar-refractivity contribution < 1.29 is 18.7 Å². The normalized spacial score (nSPS) is 17.5. The van der Waals surface area contributed by atoms with Gasteiger partial charge in [-0.3, -0.25) is 9.59 Å². The van der Waals surface area contributed by atoms with Crippen molar-refractivity contribution >= 4 is 22.8 Å². The number of aromatic nitrogens is 3. The molecule has 172 valence electrons. The maximum absolute atomic E-state index is 13.2. The minimum atomic E-state index is -0.131. The summed E-state index contributed by atoms with van der Waals surface area (Å²) in [5, 5.41) is 0. The molecule has 2 aromatic heterocycles. The van der Waals surface area contributed by atoms with E-state index in [1.165, 1.54) is 5.56 Å². The Kier molecular flexibility index (Phi) is 5.13. The minimum absolute atomic E-state index is 0.00873. The van der Waals surface area contributed by atoms with Gasteiger partial charge in [-0.15, -0.1) is 0 Å². The number of carbonyl (C=O) groups is 2. The molecule has 1 fully saturated rings. The van der Waals surface area contributed by atoms with Crippen LogP contribution in [-0.4, -0.2) is 50.8 Å². The monoisotopic (exact) mass is 456 g/mol. The van der Waals surface area contributed by atoms with E-state index in [0.29, 0.717) is 43.5 Å². The number of hydrogen-bond acceptors (Lipinski definition) is 6. The highest BCUT2D eigenvalue weighted by Crippen LogP contribution is 2.41. The van der Waals surface area contributed by atoms with E-state index in [9.17, 15) is 9.59 Å². The van der Waals surface area contributed by atoms with Gasteiger partial charge >= 0.3 is 6.08 Å². The van der Waals surface area contributed by atoms with Gasteiger partial charge in [-0.05, 0) is 30.5 Å². The number of imidazole rings is 1. The summed E-state index contributed by atoms with van der Waals surface area (Å²) >= 11 is 0. The number of Topliss-reactive ketones (excluding diaryl/α,β-unsaturated/α-hetero) is 1. The predicted molar refractivity (Wildman–Crippen MR) is 124 cm³/mol. The third-order valence-electron chi connectivity index (χ3n) is 6.89. The smallest absolute Gasteiger partial charge is 0.395 e. The number of fused-ring (bicyclic) bond motifs is 4. The minimum Gasteiger partial charge on any atom is -0.440 e. The van der Waals surface area contributed by atoms with Crippen LogP contribution in [0.4, 0.5) is 0 Å². The van der Waals surface area contributed by atoms with Crippen molar-refractivity contribution in [2.24, 2.45) is 5.92 Å². The molecule has 4 aromatic rings. The molecule has 2 aliphatic heterocycles. The molecule has 2 aromatic carbocycles. The number of rotatable bonds is 6. The highest BCUT2D eigenvalue weighted by Gasteiger charge is 2.33. The Morgan fingerprint density at radius 1 is 1.06 bits per heavy atom. The van der Waals surface area contributed by atoms with Crippen LogP contribution in [-0.2, 0) is 9.59 Å². The van der Waals surface area contributed by atoms with Gasteiger partial charge in [-0.25, -0.2) is 4.98 Å². The molecule has 34 heavy (non-hydrogen) atoms. The van der Waals surface area contributed by atoms with E-state index >= 15 is 0 Å². The Morgan fingerprint density at radius 2 is 1.85 bits per heavy atom. The van der Waals surface area contributed by atoms with Crippen molar-refractivity contribution in [3.63, 3.8) is 0 Å². The van der Waals surface area contributed by atoms with Gasteiger partial charge in [0, 0.05) is 31.0 Å². The number of nitrogens with zero attached hydrogens (tertiary/aromatic N) is 4. The molecule has 1 saturated heterocycles. The molecule has 2 aliphatic rings. The number of likely N-dealkylation sites (tertiary alicyclic amines) is 1. The topological polar surface area (TPSA) is 90.5 Å². The number of para-hydroxylation sites is 2. The number of benzene rings is 2. The van der Waals surface area contributed by atoms with Crippen molar-refractivity contribution in [3.05, 3.63) is 66.6 Å². The lowest BCUT2D eigenvalue weighted by Gasteiger charge is -2.31. The van der Waals surface area contributed by atoms with E-state index in [2.05, 4.69) is 26.7 Å². The average molecular weight is 457 g/mol. The molecular formula is C26H24N4O4. The second-order valence-corrected chi connectivity index (χ2v) is 8.85. The second kappa shape index (κ2) is 8.44. The number of piperidine rings is 1. The number of carbonyl (C=O) groups excluding carboxylic acids is 2. The maximum Gasteiger partial charge on any atom is 0.395 e. The molecule has 0 aliphatic carbocycles.